The van der Waals surface area contributed by atoms with Crippen molar-refractivity contribution in [1.82, 2.24) is 0 Å². The molecule has 5 heteroatoms. The fourth-order valence-corrected chi connectivity index (χ4v) is 2.11. The van der Waals surface area contributed by atoms with Crippen molar-refractivity contribution < 1.29 is 12.8 Å². The monoisotopic (exact) mass is 220 g/mol. The highest BCUT2D eigenvalue weighted by Crippen LogP contribution is 2.16. The Morgan fingerprint density at radius 1 is 1.46 bits per heavy atom. The SMILES string of the molecule is Cc1cc(S(=O)(=O)CS)ccc1F. The first-order valence-corrected chi connectivity index (χ1v) is 5.85. The highest BCUT2D eigenvalue weighted by Gasteiger charge is 2.12. The Labute approximate surface area is 82.1 Å². The highest BCUT2D eigenvalue weighted by molar-refractivity contribution is 8.03. The van der Waals surface area contributed by atoms with E-state index in [1.165, 1.54) is 19.1 Å². The van der Waals surface area contributed by atoms with Crippen molar-refractivity contribution in [2.75, 3.05) is 5.08 Å². The molecule has 0 N–H and O–H groups in total. The average Bonchev–Trinajstić information content (AvgIpc) is 2.09. The molecule has 0 fully saturated rings. The van der Waals surface area contributed by atoms with Gasteiger partial charge in [0.1, 0.15) is 5.82 Å². The Morgan fingerprint density at radius 3 is 2.54 bits per heavy atom. The van der Waals surface area contributed by atoms with Crippen molar-refractivity contribution >= 4 is 22.5 Å². The summed E-state index contributed by atoms with van der Waals surface area (Å²) in [5.41, 5.74) is 0.322. The molecule has 13 heavy (non-hydrogen) atoms. The van der Waals surface area contributed by atoms with Gasteiger partial charge in [-0.05, 0) is 30.7 Å². The Balaban J connectivity index is 3.27. The Bertz CT molecular complexity index is 412. The maximum absolute atomic E-state index is 12.8. The normalized spacial score (nSPS) is 11.6. The summed E-state index contributed by atoms with van der Waals surface area (Å²) < 4.78 is 35.3. The van der Waals surface area contributed by atoms with E-state index in [9.17, 15) is 12.8 Å². The van der Waals surface area contributed by atoms with Crippen LogP contribution in [0.3, 0.4) is 0 Å². The van der Waals surface area contributed by atoms with Gasteiger partial charge < -0.3 is 0 Å². The maximum atomic E-state index is 12.8. The van der Waals surface area contributed by atoms with Crippen LogP contribution in [0.5, 0.6) is 0 Å². The summed E-state index contributed by atoms with van der Waals surface area (Å²) >= 11 is 3.69. The molecule has 0 radical (unpaired) electrons. The van der Waals surface area contributed by atoms with E-state index >= 15 is 0 Å². The second kappa shape index (κ2) is 3.67. The van der Waals surface area contributed by atoms with Crippen LogP contribution < -0.4 is 0 Å². The van der Waals surface area contributed by atoms with Gasteiger partial charge in [0.15, 0.2) is 9.84 Å². The second-order valence-corrected chi connectivity index (χ2v) is 5.39. The molecule has 0 amide bonds. The van der Waals surface area contributed by atoms with Crippen molar-refractivity contribution in [3.63, 3.8) is 0 Å². The topological polar surface area (TPSA) is 34.1 Å². The Hall–Kier alpha value is -0.550. The molecule has 0 aromatic heterocycles. The minimum absolute atomic E-state index is 0.112. The molecule has 72 valence electrons. The van der Waals surface area contributed by atoms with Crippen LogP contribution >= 0.6 is 12.6 Å². The number of halogens is 1. The van der Waals surface area contributed by atoms with Crippen LogP contribution in [-0.2, 0) is 9.84 Å². The first-order valence-electron chi connectivity index (χ1n) is 3.57. The molecule has 0 spiro atoms. The summed E-state index contributed by atoms with van der Waals surface area (Å²) in [7, 11) is -3.34. The number of thiol groups is 1. The lowest BCUT2D eigenvalue weighted by molar-refractivity contribution is 0.598. The second-order valence-electron chi connectivity index (χ2n) is 2.65. The van der Waals surface area contributed by atoms with Gasteiger partial charge in [0.05, 0.1) is 9.98 Å². The number of sulfone groups is 1. The predicted octanol–water partition coefficient (Wildman–Crippen LogP) is 1.80. The minimum atomic E-state index is -3.34. The van der Waals surface area contributed by atoms with Gasteiger partial charge in [-0.1, -0.05) is 0 Å². The van der Waals surface area contributed by atoms with E-state index in [1.54, 1.807) is 0 Å². The third kappa shape index (κ3) is 2.22. The Kier molecular flexibility index (Phi) is 2.98. The van der Waals surface area contributed by atoms with Gasteiger partial charge in [-0.3, -0.25) is 0 Å². The molecule has 1 rings (SSSR count). The van der Waals surface area contributed by atoms with Crippen LogP contribution in [0.25, 0.3) is 0 Å². The lowest BCUT2D eigenvalue weighted by atomic mass is 10.2. The number of aryl methyl sites for hydroxylation is 1. The first kappa shape index (κ1) is 10.5. The van der Waals surface area contributed by atoms with Crippen molar-refractivity contribution in [3.05, 3.63) is 29.6 Å². The van der Waals surface area contributed by atoms with Crippen LogP contribution in [0, 0.1) is 12.7 Å². The standard InChI is InChI=1S/C8H9FO2S2/c1-6-4-7(2-3-8(6)9)13(10,11)5-12/h2-4,12H,5H2,1H3. The molecule has 0 aliphatic heterocycles. The molecule has 0 aliphatic rings. The van der Waals surface area contributed by atoms with Crippen LogP contribution in [0.4, 0.5) is 4.39 Å². The smallest absolute Gasteiger partial charge is 0.187 e. The highest BCUT2D eigenvalue weighted by atomic mass is 32.2. The number of rotatable bonds is 2. The van der Waals surface area contributed by atoms with Gasteiger partial charge in [0.2, 0.25) is 0 Å². The summed E-state index contributed by atoms with van der Waals surface area (Å²) in [5.74, 6) is -0.405. The maximum Gasteiger partial charge on any atom is 0.187 e. The molecule has 2 nitrogen and oxygen atoms in total. The van der Waals surface area contributed by atoms with E-state index in [1.807, 2.05) is 0 Å². The van der Waals surface area contributed by atoms with Gasteiger partial charge in [0, 0.05) is 0 Å². The van der Waals surface area contributed by atoms with Crippen LogP contribution in [0.15, 0.2) is 23.1 Å². The van der Waals surface area contributed by atoms with Gasteiger partial charge in [-0.2, -0.15) is 12.6 Å². The zero-order chi connectivity index (χ0) is 10.1. The zero-order valence-corrected chi connectivity index (χ0v) is 8.70. The zero-order valence-electron chi connectivity index (χ0n) is 6.99. The molecule has 0 saturated heterocycles. The summed E-state index contributed by atoms with van der Waals surface area (Å²) in [4.78, 5) is 0.112. The summed E-state index contributed by atoms with van der Waals surface area (Å²) in [6.45, 7) is 1.52. The van der Waals surface area contributed by atoms with Crippen molar-refractivity contribution in [1.29, 1.82) is 0 Å². The van der Waals surface area contributed by atoms with Crippen molar-refractivity contribution in [2.24, 2.45) is 0 Å². The van der Waals surface area contributed by atoms with Gasteiger partial charge in [0.25, 0.3) is 0 Å². The third-order valence-electron chi connectivity index (χ3n) is 1.66. The molecule has 1 aromatic rings. The van der Waals surface area contributed by atoms with Crippen LogP contribution in [0.1, 0.15) is 5.56 Å². The van der Waals surface area contributed by atoms with Gasteiger partial charge in [-0.15, -0.1) is 0 Å². The van der Waals surface area contributed by atoms with Crippen LogP contribution in [0.2, 0.25) is 0 Å². The lowest BCUT2D eigenvalue weighted by Crippen LogP contribution is -2.02. The molecular formula is C8H9FO2S2. The minimum Gasteiger partial charge on any atom is -0.223 e. The van der Waals surface area contributed by atoms with Gasteiger partial charge >= 0.3 is 0 Å². The van der Waals surface area contributed by atoms with E-state index in [0.717, 1.165) is 6.07 Å². The number of benzene rings is 1. The first-order chi connectivity index (χ1) is 5.97. The fourth-order valence-electron chi connectivity index (χ4n) is 0.885. The molecule has 0 aliphatic carbocycles. The van der Waals surface area contributed by atoms with Crippen molar-refractivity contribution in [3.8, 4) is 0 Å². The molecular weight excluding hydrogens is 211 g/mol. The lowest BCUT2D eigenvalue weighted by Gasteiger charge is -2.02. The van der Waals surface area contributed by atoms with Crippen molar-refractivity contribution in [2.45, 2.75) is 11.8 Å². The molecule has 0 heterocycles. The van der Waals surface area contributed by atoms with E-state index in [4.69, 9.17) is 0 Å². The van der Waals surface area contributed by atoms with Gasteiger partial charge in [-0.25, -0.2) is 12.8 Å². The number of hydrogen-bond donors (Lipinski definition) is 1. The van der Waals surface area contributed by atoms with E-state index < -0.39 is 15.7 Å². The van der Waals surface area contributed by atoms with E-state index in [2.05, 4.69) is 12.6 Å². The largest absolute Gasteiger partial charge is 0.223 e. The predicted molar refractivity (Wildman–Crippen MR) is 52.2 cm³/mol. The quantitative estimate of drug-likeness (QED) is 0.609. The summed E-state index contributed by atoms with van der Waals surface area (Å²) in [6.07, 6.45) is 0. The average molecular weight is 220 g/mol. The molecule has 0 atom stereocenters. The summed E-state index contributed by atoms with van der Waals surface area (Å²) in [5, 5.41) is -0.266. The van der Waals surface area contributed by atoms with Crippen LogP contribution in [-0.4, -0.2) is 13.5 Å². The molecule has 0 saturated carbocycles. The third-order valence-corrected chi connectivity index (χ3v) is 3.99. The van der Waals surface area contributed by atoms with E-state index in [-0.39, 0.29) is 9.98 Å². The molecule has 0 unspecified atom stereocenters. The van der Waals surface area contributed by atoms with E-state index in [0.29, 0.717) is 5.56 Å². The summed E-state index contributed by atoms with van der Waals surface area (Å²) in [6, 6.07) is 3.69. The molecule has 1 aromatic carbocycles. The Morgan fingerprint density at radius 2 is 2.08 bits per heavy atom. The fraction of sp³-hybridized carbons (Fsp3) is 0.250. The molecule has 0 bridgehead atoms. The number of hydrogen-bond acceptors (Lipinski definition) is 3.